The average Bonchev–Trinajstić information content (AvgIpc) is 2.75. The van der Waals surface area contributed by atoms with Crippen molar-refractivity contribution in [3.8, 4) is 0 Å². The molecule has 1 atom stereocenters. The third kappa shape index (κ3) is 3.42. The Morgan fingerprint density at radius 3 is 2.59 bits per heavy atom. The molecule has 0 radical (unpaired) electrons. The number of hydrogen-bond acceptors (Lipinski definition) is 2. The molecular formula is C15H19NS. The smallest absolute Gasteiger partial charge is 0.00203 e. The summed E-state index contributed by atoms with van der Waals surface area (Å²) in [5.41, 5.74) is 2.88. The van der Waals surface area contributed by atoms with Crippen LogP contribution in [0.25, 0.3) is 0 Å². The fourth-order valence-electron chi connectivity index (χ4n) is 2.17. The number of benzene rings is 1. The zero-order chi connectivity index (χ0) is 12.1. The third-order valence-corrected chi connectivity index (χ3v) is 3.90. The number of likely N-dealkylation sites (N-methyl/N-ethyl adjacent to an activating group) is 1. The van der Waals surface area contributed by atoms with Crippen LogP contribution in [0.4, 0.5) is 0 Å². The second-order valence-electron chi connectivity index (χ2n) is 4.44. The standard InChI is InChI=1S/C15H19NS/c1-12-8-13(11-17-12)9-15(10-16-2)14-6-4-3-5-7-14/h3-8,11,15-16H,9-10H2,1-2H3. The van der Waals surface area contributed by atoms with E-state index in [1.54, 1.807) is 0 Å². The van der Waals surface area contributed by atoms with E-state index in [0.717, 1.165) is 13.0 Å². The molecule has 1 unspecified atom stereocenters. The van der Waals surface area contributed by atoms with Gasteiger partial charge in [-0.25, -0.2) is 0 Å². The molecule has 0 saturated carbocycles. The monoisotopic (exact) mass is 245 g/mol. The van der Waals surface area contributed by atoms with Crippen LogP contribution in [0.15, 0.2) is 41.8 Å². The first-order chi connectivity index (χ1) is 8.29. The zero-order valence-corrected chi connectivity index (χ0v) is 11.3. The molecule has 1 heterocycles. The quantitative estimate of drug-likeness (QED) is 0.848. The van der Waals surface area contributed by atoms with Gasteiger partial charge in [-0.15, -0.1) is 11.3 Å². The van der Waals surface area contributed by atoms with E-state index in [4.69, 9.17) is 0 Å². The molecule has 90 valence electrons. The van der Waals surface area contributed by atoms with Crippen LogP contribution in [0.1, 0.15) is 21.9 Å². The van der Waals surface area contributed by atoms with Crippen LogP contribution in [-0.2, 0) is 6.42 Å². The highest BCUT2D eigenvalue weighted by Crippen LogP contribution is 2.23. The molecule has 1 N–H and O–H groups in total. The molecule has 0 aliphatic rings. The molecule has 2 heteroatoms. The Morgan fingerprint density at radius 2 is 2.00 bits per heavy atom. The molecule has 17 heavy (non-hydrogen) atoms. The first-order valence-corrected chi connectivity index (χ1v) is 6.91. The Labute approximate surface area is 108 Å². The van der Waals surface area contributed by atoms with Crippen molar-refractivity contribution in [2.45, 2.75) is 19.3 Å². The maximum Gasteiger partial charge on any atom is 0.00203 e. The maximum atomic E-state index is 3.30. The SMILES string of the molecule is CNCC(Cc1csc(C)c1)c1ccccc1. The highest BCUT2D eigenvalue weighted by atomic mass is 32.1. The Kier molecular flexibility index (Phi) is 4.35. The van der Waals surface area contributed by atoms with E-state index in [1.165, 1.54) is 16.0 Å². The topological polar surface area (TPSA) is 12.0 Å². The molecule has 1 aromatic heterocycles. The molecule has 1 nitrogen and oxygen atoms in total. The molecule has 2 rings (SSSR count). The van der Waals surface area contributed by atoms with Gasteiger partial charge in [-0.2, -0.15) is 0 Å². The maximum absolute atomic E-state index is 3.30. The first kappa shape index (κ1) is 12.3. The van der Waals surface area contributed by atoms with Crippen LogP contribution < -0.4 is 5.32 Å². The van der Waals surface area contributed by atoms with Crippen molar-refractivity contribution in [1.29, 1.82) is 0 Å². The van der Waals surface area contributed by atoms with Crippen molar-refractivity contribution in [1.82, 2.24) is 5.32 Å². The van der Waals surface area contributed by atoms with Crippen LogP contribution in [0, 0.1) is 6.92 Å². The molecule has 0 aliphatic carbocycles. The first-order valence-electron chi connectivity index (χ1n) is 6.03. The van der Waals surface area contributed by atoms with Gasteiger partial charge in [0.25, 0.3) is 0 Å². The number of nitrogens with one attached hydrogen (secondary N) is 1. The molecule has 0 amide bonds. The summed E-state index contributed by atoms with van der Waals surface area (Å²) >= 11 is 1.84. The molecule has 0 bridgehead atoms. The molecule has 0 saturated heterocycles. The summed E-state index contributed by atoms with van der Waals surface area (Å²) in [6, 6.07) is 13.1. The van der Waals surface area contributed by atoms with Gasteiger partial charge in [-0.05, 0) is 43.0 Å². The van der Waals surface area contributed by atoms with Crippen molar-refractivity contribution in [2.24, 2.45) is 0 Å². The van der Waals surface area contributed by atoms with E-state index in [2.05, 4.69) is 54.0 Å². The second kappa shape index (κ2) is 5.99. The van der Waals surface area contributed by atoms with Crippen LogP contribution >= 0.6 is 11.3 Å². The molecular weight excluding hydrogens is 226 g/mol. The summed E-state index contributed by atoms with van der Waals surface area (Å²) in [5.74, 6) is 0.565. The van der Waals surface area contributed by atoms with Crippen molar-refractivity contribution >= 4 is 11.3 Å². The number of thiophene rings is 1. The van der Waals surface area contributed by atoms with Gasteiger partial charge in [0.1, 0.15) is 0 Å². The third-order valence-electron chi connectivity index (χ3n) is 2.99. The van der Waals surface area contributed by atoms with Crippen LogP contribution in [0.3, 0.4) is 0 Å². The predicted octanol–water partition coefficient (Wildman–Crippen LogP) is 3.60. The second-order valence-corrected chi connectivity index (χ2v) is 5.55. The highest BCUT2D eigenvalue weighted by Gasteiger charge is 2.11. The molecule has 2 aromatic rings. The predicted molar refractivity (Wildman–Crippen MR) is 75.9 cm³/mol. The summed E-state index contributed by atoms with van der Waals surface area (Å²) < 4.78 is 0. The van der Waals surface area contributed by atoms with Gasteiger partial charge in [0.2, 0.25) is 0 Å². The Morgan fingerprint density at radius 1 is 1.24 bits per heavy atom. The zero-order valence-electron chi connectivity index (χ0n) is 10.4. The lowest BCUT2D eigenvalue weighted by Crippen LogP contribution is -2.18. The van der Waals surface area contributed by atoms with E-state index in [9.17, 15) is 0 Å². The molecule has 0 spiro atoms. The molecule has 1 aromatic carbocycles. The fraction of sp³-hybridized carbons (Fsp3) is 0.333. The number of aryl methyl sites for hydroxylation is 1. The summed E-state index contributed by atoms with van der Waals surface area (Å²) in [7, 11) is 2.02. The summed E-state index contributed by atoms with van der Waals surface area (Å²) in [4.78, 5) is 1.40. The summed E-state index contributed by atoms with van der Waals surface area (Å²) in [6.07, 6.45) is 1.12. The minimum Gasteiger partial charge on any atom is -0.319 e. The fourth-order valence-corrected chi connectivity index (χ4v) is 2.89. The van der Waals surface area contributed by atoms with Gasteiger partial charge < -0.3 is 5.32 Å². The van der Waals surface area contributed by atoms with Crippen molar-refractivity contribution in [3.05, 3.63) is 57.8 Å². The van der Waals surface area contributed by atoms with Crippen molar-refractivity contribution in [2.75, 3.05) is 13.6 Å². The van der Waals surface area contributed by atoms with E-state index < -0.39 is 0 Å². The normalized spacial score (nSPS) is 12.6. The summed E-state index contributed by atoms with van der Waals surface area (Å²) in [6.45, 7) is 3.20. The van der Waals surface area contributed by atoms with E-state index in [1.807, 2.05) is 18.4 Å². The van der Waals surface area contributed by atoms with E-state index in [0.29, 0.717) is 5.92 Å². The lowest BCUT2D eigenvalue weighted by molar-refractivity contribution is 0.626. The van der Waals surface area contributed by atoms with Crippen LogP contribution in [0.2, 0.25) is 0 Å². The van der Waals surface area contributed by atoms with Gasteiger partial charge in [0, 0.05) is 17.3 Å². The number of rotatable bonds is 5. The Hall–Kier alpha value is -1.12. The van der Waals surface area contributed by atoms with E-state index in [-0.39, 0.29) is 0 Å². The minimum absolute atomic E-state index is 0.565. The highest BCUT2D eigenvalue weighted by molar-refractivity contribution is 7.10. The largest absolute Gasteiger partial charge is 0.319 e. The Bertz CT molecular complexity index is 447. The summed E-state index contributed by atoms with van der Waals surface area (Å²) in [5, 5.41) is 5.58. The van der Waals surface area contributed by atoms with Crippen molar-refractivity contribution < 1.29 is 0 Å². The lowest BCUT2D eigenvalue weighted by Gasteiger charge is -2.16. The lowest BCUT2D eigenvalue weighted by atomic mass is 9.93. The van der Waals surface area contributed by atoms with E-state index >= 15 is 0 Å². The van der Waals surface area contributed by atoms with Gasteiger partial charge in [0.05, 0.1) is 0 Å². The van der Waals surface area contributed by atoms with Crippen molar-refractivity contribution in [3.63, 3.8) is 0 Å². The van der Waals surface area contributed by atoms with Gasteiger partial charge in [0.15, 0.2) is 0 Å². The molecule has 0 fully saturated rings. The Balaban J connectivity index is 2.13. The molecule has 0 aliphatic heterocycles. The van der Waals surface area contributed by atoms with Gasteiger partial charge in [-0.3, -0.25) is 0 Å². The average molecular weight is 245 g/mol. The van der Waals surface area contributed by atoms with Crippen LogP contribution in [0.5, 0.6) is 0 Å². The minimum atomic E-state index is 0.565. The van der Waals surface area contributed by atoms with Gasteiger partial charge in [-0.1, -0.05) is 30.3 Å². The number of hydrogen-bond donors (Lipinski definition) is 1. The van der Waals surface area contributed by atoms with Gasteiger partial charge >= 0.3 is 0 Å². The van der Waals surface area contributed by atoms with Crippen LogP contribution in [-0.4, -0.2) is 13.6 Å².